The molecule has 9 heteroatoms. The highest BCUT2D eigenvalue weighted by Crippen LogP contribution is 2.25. The van der Waals surface area contributed by atoms with Crippen LogP contribution < -0.4 is 15.5 Å². The third-order valence-electron chi connectivity index (χ3n) is 4.60. The van der Waals surface area contributed by atoms with Gasteiger partial charge in [-0.1, -0.05) is 0 Å². The number of halogens is 1. The number of aromatic nitrogens is 3. The lowest BCUT2D eigenvalue weighted by molar-refractivity contribution is 0.102. The molecule has 154 valence electrons. The zero-order chi connectivity index (χ0) is 20.8. The van der Waals surface area contributed by atoms with Gasteiger partial charge in [0.2, 0.25) is 5.95 Å². The zero-order valence-corrected chi connectivity index (χ0v) is 16.2. The molecule has 4 rings (SSSR count). The lowest BCUT2D eigenvalue weighted by atomic mass is 10.2. The van der Waals surface area contributed by atoms with Gasteiger partial charge in [0.05, 0.1) is 29.7 Å². The second-order valence-corrected chi connectivity index (χ2v) is 6.73. The summed E-state index contributed by atoms with van der Waals surface area (Å²) in [5.74, 6) is -0.0786. The molecule has 1 saturated heterocycles. The lowest BCUT2D eigenvalue weighted by Crippen LogP contribution is -2.28. The molecule has 0 radical (unpaired) electrons. The van der Waals surface area contributed by atoms with Crippen molar-refractivity contribution in [2.24, 2.45) is 0 Å². The molecule has 0 bridgehead atoms. The van der Waals surface area contributed by atoms with Crippen molar-refractivity contribution in [3.8, 4) is 0 Å². The second-order valence-electron chi connectivity index (χ2n) is 6.73. The van der Waals surface area contributed by atoms with Gasteiger partial charge in [-0.25, -0.2) is 14.4 Å². The zero-order valence-electron chi connectivity index (χ0n) is 16.2. The Bertz CT molecular complexity index is 989. The highest BCUT2D eigenvalue weighted by Gasteiger charge is 2.15. The number of amides is 1. The van der Waals surface area contributed by atoms with Gasteiger partial charge in [0.1, 0.15) is 5.82 Å². The molecular weight excluding hydrogens is 387 g/mol. The summed E-state index contributed by atoms with van der Waals surface area (Å²) in [6.07, 6.45) is 7.10. The Kier molecular flexibility index (Phi) is 6.09. The van der Waals surface area contributed by atoms with Crippen molar-refractivity contribution in [2.75, 3.05) is 41.8 Å². The Labute approximate surface area is 173 Å². The minimum atomic E-state index is -0.339. The van der Waals surface area contributed by atoms with Crippen molar-refractivity contribution < 1.29 is 13.9 Å². The fourth-order valence-corrected chi connectivity index (χ4v) is 3.03. The van der Waals surface area contributed by atoms with E-state index in [9.17, 15) is 9.18 Å². The number of carbonyl (C=O) groups is 1. The summed E-state index contributed by atoms with van der Waals surface area (Å²) in [6, 6.07) is 7.59. The van der Waals surface area contributed by atoms with E-state index < -0.39 is 0 Å². The molecule has 3 aromatic rings. The third kappa shape index (κ3) is 4.87. The van der Waals surface area contributed by atoms with Gasteiger partial charge in [0, 0.05) is 44.0 Å². The van der Waals surface area contributed by atoms with Crippen LogP contribution in [-0.4, -0.2) is 47.2 Å². The maximum atomic E-state index is 13.1. The molecule has 0 unspecified atom stereocenters. The molecule has 0 atom stereocenters. The maximum Gasteiger partial charge on any atom is 0.258 e. The fraction of sp³-hybridized carbons (Fsp3) is 0.238. The van der Waals surface area contributed by atoms with Crippen molar-refractivity contribution in [3.05, 3.63) is 66.5 Å². The predicted octanol–water partition coefficient (Wildman–Crippen LogP) is 3.23. The molecule has 0 saturated carbocycles. The summed E-state index contributed by atoms with van der Waals surface area (Å²) in [7, 11) is 0. The van der Waals surface area contributed by atoms with Gasteiger partial charge >= 0.3 is 0 Å². The first-order valence-corrected chi connectivity index (χ1v) is 9.62. The summed E-state index contributed by atoms with van der Waals surface area (Å²) in [4.78, 5) is 27.5. The Morgan fingerprint density at radius 2 is 1.80 bits per heavy atom. The van der Waals surface area contributed by atoms with Crippen LogP contribution in [0.1, 0.15) is 16.8 Å². The molecule has 1 aliphatic rings. The summed E-state index contributed by atoms with van der Waals surface area (Å²) < 4.78 is 18.6. The van der Waals surface area contributed by atoms with Crippen LogP contribution in [0.15, 0.2) is 55.1 Å². The standard InChI is InChI=1S/C21H21FN6O2/c22-16-2-4-17(5-3-16)26-19-14-23-7-6-18(19)27-20(29)15-12-24-21(25-13-15)28-8-1-10-30-11-9-28/h2-7,12-14,26H,1,8-11H2,(H,23,27,29). The van der Waals surface area contributed by atoms with E-state index >= 15 is 0 Å². The van der Waals surface area contributed by atoms with Gasteiger partial charge in [0.15, 0.2) is 0 Å². The molecule has 1 fully saturated rings. The number of anilines is 4. The number of pyridine rings is 1. The summed E-state index contributed by atoms with van der Waals surface area (Å²) in [6.45, 7) is 2.91. The largest absolute Gasteiger partial charge is 0.380 e. The predicted molar refractivity (Wildman–Crippen MR) is 112 cm³/mol. The van der Waals surface area contributed by atoms with Crippen molar-refractivity contribution >= 4 is 28.9 Å². The fourth-order valence-electron chi connectivity index (χ4n) is 3.03. The number of hydrogen-bond donors (Lipinski definition) is 2. The van der Waals surface area contributed by atoms with Gasteiger partial charge in [-0.2, -0.15) is 0 Å². The first-order valence-electron chi connectivity index (χ1n) is 9.62. The highest BCUT2D eigenvalue weighted by molar-refractivity contribution is 6.05. The highest BCUT2D eigenvalue weighted by atomic mass is 19.1. The van der Waals surface area contributed by atoms with E-state index in [2.05, 4.69) is 25.6 Å². The van der Waals surface area contributed by atoms with Crippen LogP contribution in [0.4, 0.5) is 27.4 Å². The quantitative estimate of drug-likeness (QED) is 0.670. The topological polar surface area (TPSA) is 92.3 Å². The Balaban J connectivity index is 1.45. The Morgan fingerprint density at radius 1 is 1.00 bits per heavy atom. The van der Waals surface area contributed by atoms with E-state index in [-0.39, 0.29) is 11.7 Å². The van der Waals surface area contributed by atoms with Gasteiger partial charge in [-0.05, 0) is 36.8 Å². The Morgan fingerprint density at radius 3 is 2.60 bits per heavy atom. The molecule has 1 amide bonds. The van der Waals surface area contributed by atoms with E-state index in [0.29, 0.717) is 35.2 Å². The summed E-state index contributed by atoms with van der Waals surface area (Å²) in [5.41, 5.74) is 2.14. The minimum absolute atomic E-state index is 0.323. The SMILES string of the molecule is O=C(Nc1ccncc1Nc1ccc(F)cc1)c1cnc(N2CCCOCC2)nc1. The van der Waals surface area contributed by atoms with Gasteiger partial charge in [-0.3, -0.25) is 9.78 Å². The smallest absolute Gasteiger partial charge is 0.258 e. The van der Waals surface area contributed by atoms with E-state index in [0.717, 1.165) is 26.1 Å². The molecule has 8 nitrogen and oxygen atoms in total. The van der Waals surface area contributed by atoms with Crippen molar-refractivity contribution in [1.29, 1.82) is 0 Å². The van der Waals surface area contributed by atoms with Crippen LogP contribution in [0.2, 0.25) is 0 Å². The molecular formula is C21H21FN6O2. The van der Waals surface area contributed by atoms with Gasteiger partial charge < -0.3 is 20.3 Å². The lowest BCUT2D eigenvalue weighted by Gasteiger charge is -2.19. The monoisotopic (exact) mass is 408 g/mol. The average Bonchev–Trinajstić information content (AvgIpc) is 3.06. The van der Waals surface area contributed by atoms with Crippen molar-refractivity contribution in [1.82, 2.24) is 15.0 Å². The number of nitrogens with one attached hydrogen (secondary N) is 2. The number of benzene rings is 1. The first kappa shape index (κ1) is 19.7. The van der Waals surface area contributed by atoms with Crippen LogP contribution in [0.5, 0.6) is 0 Å². The van der Waals surface area contributed by atoms with Gasteiger partial charge in [-0.15, -0.1) is 0 Å². The maximum absolute atomic E-state index is 13.1. The number of ether oxygens (including phenoxy) is 1. The molecule has 30 heavy (non-hydrogen) atoms. The summed E-state index contributed by atoms with van der Waals surface area (Å²) in [5, 5.41) is 5.96. The van der Waals surface area contributed by atoms with Crippen molar-refractivity contribution in [2.45, 2.75) is 6.42 Å². The van der Waals surface area contributed by atoms with Gasteiger partial charge in [0.25, 0.3) is 5.91 Å². The number of carbonyl (C=O) groups excluding carboxylic acids is 1. The third-order valence-corrected chi connectivity index (χ3v) is 4.60. The van der Waals surface area contributed by atoms with E-state index in [1.165, 1.54) is 24.5 Å². The number of nitrogens with zero attached hydrogens (tertiary/aromatic N) is 4. The minimum Gasteiger partial charge on any atom is -0.380 e. The second kappa shape index (κ2) is 9.27. The first-order chi connectivity index (χ1) is 14.7. The molecule has 0 spiro atoms. The molecule has 1 aliphatic heterocycles. The normalized spacial score (nSPS) is 14.1. The number of hydrogen-bond acceptors (Lipinski definition) is 7. The van der Waals surface area contributed by atoms with Crippen LogP contribution in [0.3, 0.4) is 0 Å². The molecule has 2 aromatic heterocycles. The van der Waals surface area contributed by atoms with E-state index in [1.807, 2.05) is 4.90 Å². The average molecular weight is 408 g/mol. The molecule has 2 N–H and O–H groups in total. The Hall–Kier alpha value is -3.59. The van der Waals surface area contributed by atoms with E-state index in [1.54, 1.807) is 30.6 Å². The van der Waals surface area contributed by atoms with Crippen LogP contribution in [0, 0.1) is 5.82 Å². The van der Waals surface area contributed by atoms with E-state index in [4.69, 9.17) is 4.74 Å². The molecule has 0 aliphatic carbocycles. The van der Waals surface area contributed by atoms with Crippen LogP contribution in [0.25, 0.3) is 0 Å². The number of rotatable bonds is 5. The van der Waals surface area contributed by atoms with Crippen LogP contribution in [-0.2, 0) is 4.74 Å². The van der Waals surface area contributed by atoms with Crippen LogP contribution >= 0.6 is 0 Å². The molecule has 3 heterocycles. The van der Waals surface area contributed by atoms with Crippen molar-refractivity contribution in [3.63, 3.8) is 0 Å². The summed E-state index contributed by atoms with van der Waals surface area (Å²) >= 11 is 0. The molecule has 1 aromatic carbocycles.